The molecule has 1 unspecified atom stereocenters. The van der Waals surface area contributed by atoms with Gasteiger partial charge in [0.2, 0.25) is 5.91 Å². The Balaban J connectivity index is 1.91. The number of non-ortho nitro benzene ring substituents is 1. The van der Waals surface area contributed by atoms with Crippen LogP contribution in [0.3, 0.4) is 0 Å². The van der Waals surface area contributed by atoms with Crippen molar-refractivity contribution in [3.8, 4) is 5.75 Å². The molecule has 1 heterocycles. The molecule has 8 heteroatoms. The molecule has 0 aromatic heterocycles. The fourth-order valence-electron chi connectivity index (χ4n) is 2.84. The second-order valence-corrected chi connectivity index (χ2v) is 6.53. The SMILES string of the molecule is CC(C)C1Oc2ccc([N+](=O)[O-])cc2N(CC(=O)Nc2ccccc2)C1=O. The maximum Gasteiger partial charge on any atom is 0.271 e. The number of rotatable bonds is 5. The molecule has 140 valence electrons. The summed E-state index contributed by atoms with van der Waals surface area (Å²) in [5, 5.41) is 13.8. The number of nitro benzene ring substituents is 1. The van der Waals surface area contributed by atoms with Gasteiger partial charge in [0.25, 0.3) is 11.6 Å². The van der Waals surface area contributed by atoms with Crippen LogP contribution in [0.15, 0.2) is 48.5 Å². The normalized spacial score (nSPS) is 15.9. The second kappa shape index (κ2) is 7.45. The highest BCUT2D eigenvalue weighted by molar-refractivity contribution is 6.06. The molecular weight excluding hydrogens is 350 g/mol. The van der Waals surface area contributed by atoms with Crippen LogP contribution < -0.4 is 15.0 Å². The number of benzene rings is 2. The Hall–Kier alpha value is -3.42. The summed E-state index contributed by atoms with van der Waals surface area (Å²) in [6.07, 6.45) is -0.761. The molecule has 0 spiro atoms. The third-order valence-electron chi connectivity index (χ3n) is 4.17. The van der Waals surface area contributed by atoms with Crippen LogP contribution in [0.25, 0.3) is 0 Å². The quantitative estimate of drug-likeness (QED) is 0.645. The number of anilines is 2. The van der Waals surface area contributed by atoms with Gasteiger partial charge in [0.15, 0.2) is 6.10 Å². The van der Waals surface area contributed by atoms with Crippen LogP contribution in [0, 0.1) is 16.0 Å². The van der Waals surface area contributed by atoms with Crippen molar-refractivity contribution in [2.24, 2.45) is 5.92 Å². The smallest absolute Gasteiger partial charge is 0.271 e. The molecule has 27 heavy (non-hydrogen) atoms. The molecule has 0 saturated carbocycles. The molecule has 0 radical (unpaired) electrons. The molecule has 0 aliphatic carbocycles. The Kier molecular flexibility index (Phi) is 5.07. The minimum atomic E-state index is -0.761. The van der Waals surface area contributed by atoms with Gasteiger partial charge in [0, 0.05) is 17.8 Å². The third-order valence-corrected chi connectivity index (χ3v) is 4.17. The number of carbonyl (C=O) groups is 2. The van der Waals surface area contributed by atoms with Crippen molar-refractivity contribution in [1.82, 2.24) is 0 Å². The van der Waals surface area contributed by atoms with Crippen LogP contribution in [0.4, 0.5) is 17.1 Å². The Morgan fingerprint density at radius 2 is 1.96 bits per heavy atom. The molecular formula is C19H19N3O5. The lowest BCUT2D eigenvalue weighted by Gasteiger charge is -2.35. The Morgan fingerprint density at radius 1 is 1.26 bits per heavy atom. The molecule has 1 N–H and O–H groups in total. The average molecular weight is 369 g/mol. The molecule has 0 saturated heterocycles. The zero-order valence-electron chi connectivity index (χ0n) is 14.9. The van der Waals surface area contributed by atoms with Crippen LogP contribution in [0.1, 0.15) is 13.8 Å². The zero-order chi connectivity index (χ0) is 19.6. The lowest BCUT2D eigenvalue weighted by atomic mass is 10.0. The van der Waals surface area contributed by atoms with E-state index in [1.165, 1.54) is 23.1 Å². The van der Waals surface area contributed by atoms with Gasteiger partial charge in [0.1, 0.15) is 12.3 Å². The van der Waals surface area contributed by atoms with Gasteiger partial charge in [-0.2, -0.15) is 0 Å². The van der Waals surface area contributed by atoms with Crippen molar-refractivity contribution in [1.29, 1.82) is 0 Å². The van der Waals surface area contributed by atoms with Crippen LogP contribution in [-0.4, -0.2) is 29.4 Å². The number of nitrogens with one attached hydrogen (secondary N) is 1. The van der Waals surface area contributed by atoms with Crippen molar-refractivity contribution in [2.75, 3.05) is 16.8 Å². The van der Waals surface area contributed by atoms with E-state index in [0.717, 1.165) is 0 Å². The predicted octanol–water partition coefficient (Wildman–Crippen LogP) is 2.98. The lowest BCUT2D eigenvalue weighted by molar-refractivity contribution is -0.384. The summed E-state index contributed by atoms with van der Waals surface area (Å²) >= 11 is 0. The largest absolute Gasteiger partial charge is 0.478 e. The first-order valence-corrected chi connectivity index (χ1v) is 8.48. The number of carbonyl (C=O) groups excluding carboxylic acids is 2. The summed E-state index contributed by atoms with van der Waals surface area (Å²) in [6.45, 7) is 3.40. The van der Waals surface area contributed by atoms with Gasteiger partial charge in [0.05, 0.1) is 10.6 Å². The van der Waals surface area contributed by atoms with Crippen molar-refractivity contribution in [2.45, 2.75) is 20.0 Å². The van der Waals surface area contributed by atoms with E-state index >= 15 is 0 Å². The summed E-state index contributed by atoms with van der Waals surface area (Å²) < 4.78 is 5.72. The Bertz CT molecular complexity index is 882. The molecule has 1 atom stereocenters. The summed E-state index contributed by atoms with van der Waals surface area (Å²) in [7, 11) is 0. The Morgan fingerprint density at radius 3 is 2.59 bits per heavy atom. The summed E-state index contributed by atoms with van der Waals surface area (Å²) in [4.78, 5) is 37.1. The molecule has 2 aromatic carbocycles. The molecule has 2 amide bonds. The first-order chi connectivity index (χ1) is 12.9. The Labute approximate surface area is 155 Å². The number of nitrogens with zero attached hydrogens (tertiary/aromatic N) is 2. The van der Waals surface area contributed by atoms with Gasteiger partial charge < -0.3 is 10.1 Å². The van der Waals surface area contributed by atoms with Crippen LogP contribution >= 0.6 is 0 Å². The zero-order valence-corrected chi connectivity index (χ0v) is 14.9. The van der Waals surface area contributed by atoms with E-state index < -0.39 is 22.8 Å². The highest BCUT2D eigenvalue weighted by Crippen LogP contribution is 2.38. The van der Waals surface area contributed by atoms with Crippen LogP contribution in [-0.2, 0) is 9.59 Å². The number of para-hydroxylation sites is 1. The van der Waals surface area contributed by atoms with E-state index in [2.05, 4.69) is 5.32 Å². The molecule has 3 rings (SSSR count). The van der Waals surface area contributed by atoms with Gasteiger partial charge in [-0.05, 0) is 24.1 Å². The number of ether oxygens (including phenoxy) is 1. The monoisotopic (exact) mass is 369 g/mol. The number of hydrogen-bond donors (Lipinski definition) is 1. The minimum Gasteiger partial charge on any atom is -0.478 e. The number of hydrogen-bond acceptors (Lipinski definition) is 5. The van der Waals surface area contributed by atoms with E-state index in [0.29, 0.717) is 11.4 Å². The maximum absolute atomic E-state index is 12.8. The summed E-state index contributed by atoms with van der Waals surface area (Å²) in [5.41, 5.74) is 0.638. The van der Waals surface area contributed by atoms with Crippen molar-refractivity contribution < 1.29 is 19.2 Å². The molecule has 1 aliphatic heterocycles. The number of nitro groups is 1. The standard InChI is InChI=1S/C19H19N3O5/c1-12(2)18-19(24)21(11-17(23)20-13-6-4-3-5-7-13)15-10-14(22(25)26)8-9-16(15)27-18/h3-10,12,18H,11H2,1-2H3,(H,20,23). The van der Waals surface area contributed by atoms with E-state index in [1.807, 2.05) is 19.9 Å². The van der Waals surface area contributed by atoms with Crippen LogP contribution in [0.5, 0.6) is 5.75 Å². The first kappa shape index (κ1) is 18.4. The van der Waals surface area contributed by atoms with Gasteiger partial charge in [-0.3, -0.25) is 24.6 Å². The molecule has 2 aromatic rings. The summed E-state index contributed by atoms with van der Waals surface area (Å²) in [5.74, 6) is -0.593. The van der Waals surface area contributed by atoms with Gasteiger partial charge >= 0.3 is 0 Å². The number of fused-ring (bicyclic) bond motifs is 1. The van der Waals surface area contributed by atoms with Crippen LogP contribution in [0.2, 0.25) is 0 Å². The lowest BCUT2D eigenvalue weighted by Crippen LogP contribution is -2.50. The second-order valence-electron chi connectivity index (χ2n) is 6.53. The van der Waals surface area contributed by atoms with E-state index in [-0.39, 0.29) is 23.8 Å². The first-order valence-electron chi connectivity index (χ1n) is 8.48. The summed E-state index contributed by atoms with van der Waals surface area (Å²) in [6, 6.07) is 12.9. The molecule has 0 bridgehead atoms. The van der Waals surface area contributed by atoms with Crippen molar-refractivity contribution in [3.63, 3.8) is 0 Å². The van der Waals surface area contributed by atoms with Gasteiger partial charge in [-0.15, -0.1) is 0 Å². The predicted molar refractivity (Wildman–Crippen MR) is 99.8 cm³/mol. The molecule has 1 aliphatic rings. The third kappa shape index (κ3) is 3.89. The van der Waals surface area contributed by atoms with Gasteiger partial charge in [-0.25, -0.2) is 0 Å². The fourth-order valence-corrected chi connectivity index (χ4v) is 2.84. The fraction of sp³-hybridized carbons (Fsp3) is 0.263. The van der Waals surface area contributed by atoms with Crippen molar-refractivity contribution >= 4 is 28.9 Å². The van der Waals surface area contributed by atoms with E-state index in [4.69, 9.17) is 4.74 Å². The number of amides is 2. The average Bonchev–Trinajstić information content (AvgIpc) is 2.63. The van der Waals surface area contributed by atoms with Gasteiger partial charge in [-0.1, -0.05) is 32.0 Å². The van der Waals surface area contributed by atoms with E-state index in [9.17, 15) is 19.7 Å². The molecule has 0 fully saturated rings. The topological polar surface area (TPSA) is 102 Å². The highest BCUT2D eigenvalue weighted by Gasteiger charge is 2.38. The van der Waals surface area contributed by atoms with E-state index in [1.54, 1.807) is 24.3 Å². The molecule has 8 nitrogen and oxygen atoms in total. The minimum absolute atomic E-state index is 0.125. The maximum atomic E-state index is 12.8. The highest BCUT2D eigenvalue weighted by atomic mass is 16.6. The van der Waals surface area contributed by atoms with Crippen molar-refractivity contribution in [3.05, 3.63) is 58.6 Å².